The fraction of sp³-hybridized carbons (Fsp3) is 0.385. The molecule has 5 rings (SSSR count). The predicted molar refractivity (Wildman–Crippen MR) is 125 cm³/mol. The molecule has 0 bridgehead atoms. The van der Waals surface area contributed by atoms with Gasteiger partial charge in [-0.05, 0) is 56.0 Å². The van der Waals surface area contributed by atoms with Crippen LogP contribution < -0.4 is 10.9 Å². The average Bonchev–Trinajstić information content (AvgIpc) is 3.14. The van der Waals surface area contributed by atoms with Crippen molar-refractivity contribution in [3.05, 3.63) is 62.2 Å². The molecule has 0 fully saturated rings. The Bertz CT molecular complexity index is 1480. The number of benzene rings is 1. The van der Waals surface area contributed by atoms with Gasteiger partial charge in [0.15, 0.2) is 0 Å². The third-order valence-electron chi connectivity index (χ3n) is 7.32. The first-order valence-corrected chi connectivity index (χ1v) is 11.4. The highest BCUT2D eigenvalue weighted by Gasteiger charge is 2.43. The number of hydrogen-bond donors (Lipinski definition) is 1. The second-order valence-electron chi connectivity index (χ2n) is 9.47. The smallest absolute Gasteiger partial charge is 0.316 e. The lowest BCUT2D eigenvalue weighted by Gasteiger charge is -2.33. The van der Waals surface area contributed by atoms with Gasteiger partial charge in [0.2, 0.25) is 5.91 Å². The van der Waals surface area contributed by atoms with Gasteiger partial charge < -0.3 is 14.6 Å². The molecule has 34 heavy (non-hydrogen) atoms. The SMILES string of the molecule is CC[C@@]1(C)C(=O)OCc2c1cc1n(c2=O)Cc2c-1nc1cc(F)c(C)cc1c2[C@@H](C)NC(C)=O. The third kappa shape index (κ3) is 3.01. The van der Waals surface area contributed by atoms with Crippen molar-refractivity contribution in [2.45, 2.75) is 65.6 Å². The number of esters is 1. The lowest BCUT2D eigenvalue weighted by atomic mass is 9.76. The molecule has 0 saturated heterocycles. The van der Waals surface area contributed by atoms with Crippen LogP contribution in [-0.2, 0) is 32.9 Å². The van der Waals surface area contributed by atoms with Crippen LogP contribution in [0, 0.1) is 12.7 Å². The number of aryl methyl sites for hydroxylation is 1. The van der Waals surface area contributed by atoms with Gasteiger partial charge in [-0.15, -0.1) is 0 Å². The van der Waals surface area contributed by atoms with Gasteiger partial charge >= 0.3 is 5.97 Å². The van der Waals surface area contributed by atoms with Crippen LogP contribution in [0.5, 0.6) is 0 Å². The minimum atomic E-state index is -0.933. The first-order chi connectivity index (χ1) is 16.1. The number of halogens is 1. The standard InChI is InChI=1S/C26H26FN3O4/c1-6-26(5)18-8-21-23-16(10-30(21)24(32)17(18)11-34-25(26)33)22(13(3)28-14(4)31)15-7-12(2)19(27)9-20(15)29-23/h7-9,13H,6,10-11H2,1-5H3,(H,28,31)/t13-,26-/m1/s1. The summed E-state index contributed by atoms with van der Waals surface area (Å²) in [6.07, 6.45) is 0.481. The van der Waals surface area contributed by atoms with E-state index in [4.69, 9.17) is 9.72 Å². The van der Waals surface area contributed by atoms with E-state index in [1.165, 1.54) is 13.0 Å². The number of nitrogens with one attached hydrogen (secondary N) is 1. The number of cyclic esters (lactones) is 1. The molecule has 176 valence electrons. The van der Waals surface area contributed by atoms with Crippen molar-refractivity contribution in [3.8, 4) is 11.4 Å². The predicted octanol–water partition coefficient (Wildman–Crippen LogP) is 3.79. The highest BCUT2D eigenvalue weighted by molar-refractivity contribution is 5.90. The van der Waals surface area contributed by atoms with E-state index in [2.05, 4.69) is 5.32 Å². The maximum Gasteiger partial charge on any atom is 0.316 e. The Morgan fingerprint density at radius 2 is 2.03 bits per heavy atom. The molecule has 1 aromatic carbocycles. The first kappa shape index (κ1) is 22.3. The molecule has 8 heteroatoms. The zero-order valence-corrected chi connectivity index (χ0v) is 19.8. The van der Waals surface area contributed by atoms with Crippen LogP contribution in [-0.4, -0.2) is 21.4 Å². The van der Waals surface area contributed by atoms with Gasteiger partial charge in [-0.1, -0.05) is 6.92 Å². The van der Waals surface area contributed by atoms with E-state index < -0.39 is 5.41 Å². The molecule has 2 aromatic heterocycles. The van der Waals surface area contributed by atoms with Gasteiger partial charge in [-0.2, -0.15) is 0 Å². The van der Waals surface area contributed by atoms with Crippen LogP contribution in [0.2, 0.25) is 0 Å². The Labute approximate surface area is 196 Å². The molecule has 0 spiro atoms. The van der Waals surface area contributed by atoms with Gasteiger partial charge in [0.05, 0.1) is 40.5 Å². The monoisotopic (exact) mass is 463 g/mol. The minimum Gasteiger partial charge on any atom is -0.460 e. The van der Waals surface area contributed by atoms with Gasteiger partial charge in [0.25, 0.3) is 5.56 Å². The number of amides is 1. The molecule has 0 radical (unpaired) electrons. The van der Waals surface area contributed by atoms with Crippen molar-refractivity contribution in [2.75, 3.05) is 0 Å². The lowest BCUT2D eigenvalue weighted by molar-refractivity contribution is -0.153. The van der Waals surface area contributed by atoms with E-state index in [0.29, 0.717) is 40.0 Å². The van der Waals surface area contributed by atoms with Crippen molar-refractivity contribution in [2.24, 2.45) is 0 Å². The molecular weight excluding hydrogens is 437 g/mol. The molecule has 2 aliphatic rings. The normalized spacial score (nSPS) is 19.3. The molecule has 4 heterocycles. The second kappa shape index (κ2) is 7.48. The van der Waals surface area contributed by atoms with Gasteiger partial charge in [0, 0.05) is 23.9 Å². The van der Waals surface area contributed by atoms with Crippen molar-refractivity contribution in [3.63, 3.8) is 0 Å². The summed E-state index contributed by atoms with van der Waals surface area (Å²) in [4.78, 5) is 42.8. The zero-order valence-electron chi connectivity index (χ0n) is 19.8. The largest absolute Gasteiger partial charge is 0.460 e. The zero-order chi connectivity index (χ0) is 24.5. The Morgan fingerprint density at radius 1 is 1.29 bits per heavy atom. The minimum absolute atomic E-state index is 0.0613. The van der Waals surface area contributed by atoms with E-state index in [-0.39, 0.29) is 42.4 Å². The van der Waals surface area contributed by atoms with Crippen molar-refractivity contribution in [1.29, 1.82) is 0 Å². The van der Waals surface area contributed by atoms with E-state index in [1.54, 1.807) is 24.5 Å². The molecule has 2 atom stereocenters. The van der Waals surface area contributed by atoms with Crippen LogP contribution in [0.4, 0.5) is 4.39 Å². The van der Waals surface area contributed by atoms with Crippen molar-refractivity contribution < 1.29 is 18.7 Å². The summed E-state index contributed by atoms with van der Waals surface area (Å²) in [5.41, 5.74) is 3.68. The van der Waals surface area contributed by atoms with E-state index in [0.717, 1.165) is 16.5 Å². The quantitative estimate of drug-likeness (QED) is 0.467. The summed E-state index contributed by atoms with van der Waals surface area (Å²) in [7, 11) is 0. The summed E-state index contributed by atoms with van der Waals surface area (Å²) >= 11 is 0. The summed E-state index contributed by atoms with van der Waals surface area (Å²) in [5, 5.41) is 3.66. The third-order valence-corrected chi connectivity index (χ3v) is 7.32. The van der Waals surface area contributed by atoms with Gasteiger partial charge in [-0.25, -0.2) is 9.37 Å². The van der Waals surface area contributed by atoms with Crippen molar-refractivity contribution >= 4 is 22.8 Å². The van der Waals surface area contributed by atoms with Crippen LogP contribution in [0.1, 0.15) is 68.0 Å². The Hall–Kier alpha value is -3.55. The van der Waals surface area contributed by atoms with Crippen LogP contribution in [0.15, 0.2) is 23.0 Å². The van der Waals surface area contributed by atoms with Crippen LogP contribution in [0.25, 0.3) is 22.3 Å². The number of pyridine rings is 2. The maximum atomic E-state index is 14.5. The fourth-order valence-electron chi connectivity index (χ4n) is 5.27. The molecule has 1 amide bonds. The molecule has 0 aliphatic carbocycles. The van der Waals surface area contributed by atoms with Gasteiger partial charge in [0.1, 0.15) is 12.4 Å². The second-order valence-corrected chi connectivity index (χ2v) is 9.47. The number of ether oxygens (including phenoxy) is 1. The molecule has 2 aliphatic heterocycles. The Morgan fingerprint density at radius 3 is 2.71 bits per heavy atom. The van der Waals surface area contributed by atoms with Crippen LogP contribution in [0.3, 0.4) is 0 Å². The topological polar surface area (TPSA) is 90.3 Å². The fourth-order valence-corrected chi connectivity index (χ4v) is 5.27. The molecule has 7 nitrogen and oxygen atoms in total. The first-order valence-electron chi connectivity index (χ1n) is 11.4. The Kier molecular flexibility index (Phi) is 4.90. The summed E-state index contributed by atoms with van der Waals surface area (Å²) < 4.78 is 21.5. The molecule has 0 unspecified atom stereocenters. The lowest BCUT2D eigenvalue weighted by Crippen LogP contribution is -2.42. The maximum absolute atomic E-state index is 14.5. The molecule has 1 N–H and O–H groups in total. The highest BCUT2D eigenvalue weighted by Crippen LogP contribution is 2.42. The number of hydrogen-bond acceptors (Lipinski definition) is 5. The molecule has 0 saturated carbocycles. The Balaban J connectivity index is 1.84. The highest BCUT2D eigenvalue weighted by atomic mass is 19.1. The number of carbonyl (C=O) groups is 2. The van der Waals surface area contributed by atoms with Gasteiger partial charge in [-0.3, -0.25) is 14.4 Å². The molecular formula is C26H26FN3O4. The molecule has 3 aromatic rings. The summed E-state index contributed by atoms with van der Waals surface area (Å²) in [6, 6.07) is 4.61. The summed E-state index contributed by atoms with van der Waals surface area (Å²) in [5.74, 6) is -0.920. The van der Waals surface area contributed by atoms with Crippen molar-refractivity contribution in [1.82, 2.24) is 14.9 Å². The van der Waals surface area contributed by atoms with Crippen LogP contribution >= 0.6 is 0 Å². The number of aromatic nitrogens is 2. The summed E-state index contributed by atoms with van der Waals surface area (Å²) in [6.45, 7) is 8.88. The van der Waals surface area contributed by atoms with E-state index in [9.17, 15) is 18.8 Å². The number of carbonyl (C=O) groups excluding carboxylic acids is 2. The number of rotatable bonds is 3. The van der Waals surface area contributed by atoms with E-state index >= 15 is 0 Å². The number of fused-ring (bicyclic) bond motifs is 5. The number of nitrogens with zero attached hydrogens (tertiary/aromatic N) is 2. The van der Waals surface area contributed by atoms with E-state index in [1.807, 2.05) is 19.9 Å². The average molecular weight is 464 g/mol.